The zero-order chi connectivity index (χ0) is 19.0. The molecule has 4 nitrogen and oxygen atoms in total. The molecule has 0 saturated carbocycles. The molecule has 0 fully saturated rings. The molecule has 0 atom stereocenters. The Labute approximate surface area is 163 Å². The van der Waals surface area contributed by atoms with Gasteiger partial charge in [0.05, 0.1) is 22.4 Å². The number of hydrogen-bond acceptors (Lipinski definition) is 4. The van der Waals surface area contributed by atoms with Crippen molar-refractivity contribution in [2.75, 3.05) is 0 Å². The number of nitrogens with zero attached hydrogens (tertiary/aromatic N) is 4. The highest BCUT2D eigenvalue weighted by Gasteiger charge is 1.92. The molecule has 4 aromatic carbocycles. The fourth-order valence-electron chi connectivity index (χ4n) is 2.66. The third-order valence-electron chi connectivity index (χ3n) is 4.14. The van der Waals surface area contributed by atoms with E-state index in [0.717, 1.165) is 22.4 Å². The first-order chi connectivity index (χ1) is 13.9. The predicted octanol–water partition coefficient (Wildman–Crippen LogP) is 6.89. The second-order valence-electron chi connectivity index (χ2n) is 6.16. The van der Waals surface area contributed by atoms with Crippen LogP contribution in [0.4, 0.5) is 11.4 Å². The van der Waals surface area contributed by atoms with Crippen molar-refractivity contribution < 1.29 is 0 Å². The van der Waals surface area contributed by atoms with Crippen molar-refractivity contribution in [3.8, 4) is 0 Å². The summed E-state index contributed by atoms with van der Waals surface area (Å²) in [4.78, 5) is 0. The highest BCUT2D eigenvalue weighted by atomic mass is 15.1. The van der Waals surface area contributed by atoms with Gasteiger partial charge in [-0.2, -0.15) is 20.4 Å². The lowest BCUT2D eigenvalue weighted by Crippen LogP contribution is -1.80. The largest absolute Gasteiger partial charge is 0.151 e. The zero-order valence-corrected chi connectivity index (χ0v) is 15.2. The standard InChI is InChI=1S/C12H8N2.C12H10N2/c1-5-11-6-2-9(1)10-3-7-12(8-4-10)14-13-11;1-3-7-11(8-4-1)13-14-12-9-5-2-6-10-12/h1-8H;1-10H/b;14-13+. The number of azo groups is 1. The fourth-order valence-corrected chi connectivity index (χ4v) is 2.66. The molecule has 28 heavy (non-hydrogen) atoms. The molecule has 0 N–H and O–H groups in total. The number of hydrogen-bond donors (Lipinski definition) is 0. The molecule has 4 heteroatoms. The van der Waals surface area contributed by atoms with Crippen LogP contribution in [0.1, 0.15) is 0 Å². The minimum absolute atomic E-state index is 0.872. The van der Waals surface area contributed by atoms with Crippen LogP contribution in [0.5, 0.6) is 0 Å². The van der Waals surface area contributed by atoms with E-state index >= 15 is 0 Å². The SMILES string of the molecule is c1cc2ccc1nnc1ccc2cc1.c1ccc(/N=N/c2ccccc2)cc1. The Balaban J connectivity index is 0.000000137. The van der Waals surface area contributed by atoms with Crippen molar-refractivity contribution in [3.05, 3.63) is 109 Å². The minimum Gasteiger partial charge on any atom is -0.151 e. The van der Waals surface area contributed by atoms with Crippen LogP contribution in [-0.4, -0.2) is 10.2 Å². The van der Waals surface area contributed by atoms with Crippen LogP contribution in [-0.2, 0) is 0 Å². The first-order valence-corrected chi connectivity index (χ1v) is 9.01. The molecule has 4 bridgehead atoms. The van der Waals surface area contributed by atoms with E-state index in [1.165, 1.54) is 10.8 Å². The molecular weight excluding hydrogens is 344 g/mol. The summed E-state index contributed by atoms with van der Waals surface area (Å²) < 4.78 is 0. The van der Waals surface area contributed by atoms with Crippen LogP contribution in [0, 0.1) is 0 Å². The minimum atomic E-state index is 0.872. The summed E-state index contributed by atoms with van der Waals surface area (Å²) in [6.45, 7) is 0. The molecular formula is C24H18N4. The average molecular weight is 362 g/mol. The van der Waals surface area contributed by atoms with Crippen molar-refractivity contribution in [3.63, 3.8) is 0 Å². The van der Waals surface area contributed by atoms with Gasteiger partial charge >= 0.3 is 0 Å². The summed E-state index contributed by atoms with van der Waals surface area (Å²) in [6.07, 6.45) is 0. The van der Waals surface area contributed by atoms with E-state index in [0.29, 0.717) is 0 Å². The van der Waals surface area contributed by atoms with Gasteiger partial charge in [0.2, 0.25) is 0 Å². The van der Waals surface area contributed by atoms with E-state index < -0.39 is 0 Å². The van der Waals surface area contributed by atoms with Gasteiger partial charge < -0.3 is 0 Å². The molecule has 0 aliphatic rings. The van der Waals surface area contributed by atoms with Crippen LogP contribution in [0.15, 0.2) is 119 Å². The van der Waals surface area contributed by atoms with Crippen molar-refractivity contribution in [2.45, 2.75) is 0 Å². The van der Waals surface area contributed by atoms with Crippen LogP contribution < -0.4 is 0 Å². The Morgan fingerprint density at radius 1 is 0.393 bits per heavy atom. The molecule has 4 heterocycles. The Kier molecular flexibility index (Phi) is 5.40. The molecule has 0 saturated heterocycles. The predicted molar refractivity (Wildman–Crippen MR) is 114 cm³/mol. The number of benzene rings is 4. The molecule has 0 unspecified atom stereocenters. The Morgan fingerprint density at radius 2 is 0.750 bits per heavy atom. The molecule has 8 rings (SSSR count). The maximum absolute atomic E-state index is 4.12. The molecule has 0 radical (unpaired) electrons. The highest BCUT2D eigenvalue weighted by Crippen LogP contribution is 2.16. The summed E-state index contributed by atoms with van der Waals surface area (Å²) in [7, 11) is 0. The lowest BCUT2D eigenvalue weighted by atomic mass is 10.1. The van der Waals surface area contributed by atoms with Crippen LogP contribution in [0.2, 0.25) is 0 Å². The monoisotopic (exact) mass is 362 g/mol. The highest BCUT2D eigenvalue weighted by molar-refractivity contribution is 5.83. The van der Waals surface area contributed by atoms with Gasteiger partial charge in [-0.25, -0.2) is 0 Å². The summed E-state index contributed by atoms with van der Waals surface area (Å²) in [5.74, 6) is 0. The van der Waals surface area contributed by atoms with Crippen molar-refractivity contribution in [2.24, 2.45) is 10.2 Å². The maximum Gasteiger partial charge on any atom is 0.0857 e. The number of aromatic nitrogens is 2. The summed E-state index contributed by atoms with van der Waals surface area (Å²) in [5, 5.41) is 18.9. The van der Waals surface area contributed by atoms with Crippen LogP contribution >= 0.6 is 0 Å². The fraction of sp³-hybridized carbons (Fsp3) is 0. The van der Waals surface area contributed by atoms with Gasteiger partial charge in [-0.1, -0.05) is 60.7 Å². The van der Waals surface area contributed by atoms with Gasteiger partial charge in [0.1, 0.15) is 0 Å². The molecule has 8 aromatic rings. The van der Waals surface area contributed by atoms with Crippen molar-refractivity contribution in [1.82, 2.24) is 10.2 Å². The molecule has 134 valence electrons. The van der Waals surface area contributed by atoms with E-state index in [1.807, 2.05) is 84.9 Å². The number of rotatable bonds is 2. The van der Waals surface area contributed by atoms with Gasteiger partial charge in [-0.15, -0.1) is 0 Å². The van der Waals surface area contributed by atoms with Crippen LogP contribution in [0.3, 0.4) is 0 Å². The van der Waals surface area contributed by atoms with Gasteiger partial charge in [0.15, 0.2) is 0 Å². The normalized spacial score (nSPS) is 10.7. The van der Waals surface area contributed by atoms with Gasteiger partial charge in [0, 0.05) is 0 Å². The van der Waals surface area contributed by atoms with Gasteiger partial charge in [0.25, 0.3) is 0 Å². The summed E-state index contributed by atoms with van der Waals surface area (Å²) in [5.41, 5.74) is 3.54. The maximum atomic E-state index is 4.12. The molecule has 0 aliphatic carbocycles. The lowest BCUT2D eigenvalue weighted by Gasteiger charge is -1.95. The average Bonchev–Trinajstić information content (AvgIpc) is 2.80. The Hall–Kier alpha value is -3.92. The van der Waals surface area contributed by atoms with E-state index in [4.69, 9.17) is 0 Å². The quantitative estimate of drug-likeness (QED) is 0.321. The first-order valence-electron chi connectivity index (χ1n) is 9.01. The Morgan fingerprint density at radius 3 is 1.11 bits per heavy atom. The first kappa shape index (κ1) is 17.5. The molecule has 0 aliphatic heterocycles. The summed E-state index contributed by atoms with van der Waals surface area (Å²) in [6, 6.07) is 35.6. The second-order valence-corrected chi connectivity index (χ2v) is 6.16. The van der Waals surface area contributed by atoms with Crippen molar-refractivity contribution >= 4 is 33.2 Å². The third-order valence-corrected chi connectivity index (χ3v) is 4.14. The second kappa shape index (κ2) is 8.64. The smallest absolute Gasteiger partial charge is 0.0857 e. The topological polar surface area (TPSA) is 50.5 Å². The van der Waals surface area contributed by atoms with E-state index in [2.05, 4.69) is 44.7 Å². The van der Waals surface area contributed by atoms with E-state index in [9.17, 15) is 0 Å². The molecule has 0 spiro atoms. The summed E-state index contributed by atoms with van der Waals surface area (Å²) >= 11 is 0. The van der Waals surface area contributed by atoms with Crippen molar-refractivity contribution in [1.29, 1.82) is 0 Å². The van der Waals surface area contributed by atoms with E-state index in [-0.39, 0.29) is 0 Å². The van der Waals surface area contributed by atoms with E-state index in [1.54, 1.807) is 0 Å². The van der Waals surface area contributed by atoms with Crippen LogP contribution in [0.25, 0.3) is 21.8 Å². The van der Waals surface area contributed by atoms with Gasteiger partial charge in [-0.3, -0.25) is 0 Å². The molecule has 0 amide bonds. The Bertz CT molecular complexity index is 1070. The zero-order valence-electron chi connectivity index (χ0n) is 15.2. The van der Waals surface area contributed by atoms with Gasteiger partial charge in [-0.05, 0) is 59.3 Å². The molecule has 4 aromatic heterocycles. The lowest BCUT2D eigenvalue weighted by molar-refractivity contribution is 1.12. The third kappa shape index (κ3) is 4.62.